The molecular weight excluding hydrogens is 405 g/mol. The summed E-state index contributed by atoms with van der Waals surface area (Å²) in [7, 11) is 0. The Bertz CT molecular complexity index is 1140. The number of nitrogens with zero attached hydrogens (tertiary/aromatic N) is 2. The Balaban J connectivity index is 1.52. The van der Waals surface area contributed by atoms with Gasteiger partial charge in [-0.1, -0.05) is 11.6 Å². The SMILES string of the molecule is CC1=CC[C@@H]2C(=O)N(c3ccc(C(=O)Nc4cc([N+](=O)[O-])ccc4F)cc3)C(=O)[C@H]2C1. The minimum absolute atomic E-state index is 0.142. The highest BCUT2D eigenvalue weighted by Crippen LogP contribution is 2.39. The lowest BCUT2D eigenvalue weighted by Crippen LogP contribution is -2.30. The summed E-state index contributed by atoms with van der Waals surface area (Å²) in [6.07, 6.45) is 3.07. The summed E-state index contributed by atoms with van der Waals surface area (Å²) >= 11 is 0. The fourth-order valence-corrected chi connectivity index (χ4v) is 3.97. The Hall–Kier alpha value is -3.88. The summed E-state index contributed by atoms with van der Waals surface area (Å²) < 4.78 is 13.9. The van der Waals surface area contributed by atoms with Crippen LogP contribution in [0.25, 0.3) is 0 Å². The van der Waals surface area contributed by atoms with E-state index in [0.717, 1.165) is 28.7 Å². The first kappa shape index (κ1) is 20.4. The van der Waals surface area contributed by atoms with Crippen molar-refractivity contribution in [1.29, 1.82) is 0 Å². The number of benzene rings is 2. The van der Waals surface area contributed by atoms with Crippen molar-refractivity contribution < 1.29 is 23.7 Å². The van der Waals surface area contributed by atoms with Crippen molar-refractivity contribution in [3.63, 3.8) is 0 Å². The number of halogens is 1. The second-order valence-corrected chi connectivity index (χ2v) is 7.64. The molecule has 2 aromatic carbocycles. The summed E-state index contributed by atoms with van der Waals surface area (Å²) in [5, 5.41) is 13.2. The molecule has 1 heterocycles. The van der Waals surface area contributed by atoms with Gasteiger partial charge in [0.1, 0.15) is 5.82 Å². The van der Waals surface area contributed by atoms with E-state index in [1.807, 2.05) is 13.0 Å². The number of carbonyl (C=O) groups excluding carboxylic acids is 3. The zero-order chi connectivity index (χ0) is 22.3. The lowest BCUT2D eigenvalue weighted by molar-refractivity contribution is -0.384. The molecule has 1 aliphatic carbocycles. The van der Waals surface area contributed by atoms with Crippen LogP contribution < -0.4 is 10.2 Å². The Labute approximate surface area is 176 Å². The molecule has 0 spiro atoms. The van der Waals surface area contributed by atoms with Crippen molar-refractivity contribution in [1.82, 2.24) is 0 Å². The molecule has 1 aliphatic heterocycles. The standard InChI is InChI=1S/C22H18FN3O5/c1-12-2-8-16-17(10-12)22(29)25(21(16)28)14-5-3-13(4-6-14)20(27)24-19-11-15(26(30)31)7-9-18(19)23/h2-7,9,11,16-17H,8,10H2,1H3,(H,24,27)/t16-,17-/m0/s1. The maximum Gasteiger partial charge on any atom is 0.271 e. The van der Waals surface area contributed by atoms with Crippen LogP contribution in [0.2, 0.25) is 0 Å². The number of fused-ring (bicyclic) bond motifs is 1. The molecule has 2 aliphatic rings. The van der Waals surface area contributed by atoms with Crippen LogP contribution in [-0.2, 0) is 9.59 Å². The van der Waals surface area contributed by atoms with Crippen LogP contribution >= 0.6 is 0 Å². The van der Waals surface area contributed by atoms with Gasteiger partial charge in [0.05, 0.1) is 28.1 Å². The molecule has 158 valence electrons. The molecule has 0 aromatic heterocycles. The molecule has 9 heteroatoms. The summed E-state index contributed by atoms with van der Waals surface area (Å²) in [6, 6.07) is 8.60. The molecule has 0 unspecified atom stereocenters. The third kappa shape index (κ3) is 3.70. The summed E-state index contributed by atoms with van der Waals surface area (Å²) in [5.74, 6) is -2.73. The summed E-state index contributed by atoms with van der Waals surface area (Å²) in [5.41, 5.74) is 0.915. The highest BCUT2D eigenvalue weighted by molar-refractivity contribution is 6.22. The van der Waals surface area contributed by atoms with Gasteiger partial charge < -0.3 is 5.32 Å². The third-order valence-electron chi connectivity index (χ3n) is 5.62. The minimum atomic E-state index is -0.810. The van der Waals surface area contributed by atoms with E-state index in [4.69, 9.17) is 0 Å². The van der Waals surface area contributed by atoms with Crippen LogP contribution in [0.4, 0.5) is 21.5 Å². The van der Waals surface area contributed by atoms with E-state index >= 15 is 0 Å². The number of imide groups is 1. The molecular formula is C22H18FN3O5. The Kier molecular flexibility index (Phi) is 5.10. The van der Waals surface area contributed by atoms with Gasteiger partial charge in [-0.2, -0.15) is 0 Å². The molecule has 3 amide bonds. The number of nitro groups is 1. The molecule has 1 N–H and O–H groups in total. The summed E-state index contributed by atoms with van der Waals surface area (Å²) in [4.78, 5) is 49.3. The quantitative estimate of drug-likeness (QED) is 0.348. The molecule has 1 saturated heterocycles. The van der Waals surface area contributed by atoms with Gasteiger partial charge in [0, 0.05) is 17.7 Å². The van der Waals surface area contributed by atoms with Crippen LogP contribution in [0, 0.1) is 27.8 Å². The number of hydrogen-bond donors (Lipinski definition) is 1. The van der Waals surface area contributed by atoms with Crippen molar-refractivity contribution >= 4 is 34.8 Å². The normalized spacial score (nSPS) is 20.3. The number of carbonyl (C=O) groups is 3. The molecule has 4 rings (SSSR count). The van der Waals surface area contributed by atoms with Crippen molar-refractivity contribution in [3.05, 3.63) is 75.6 Å². The monoisotopic (exact) mass is 423 g/mol. The van der Waals surface area contributed by atoms with Crippen molar-refractivity contribution in [2.24, 2.45) is 11.8 Å². The van der Waals surface area contributed by atoms with Gasteiger partial charge in [0.15, 0.2) is 0 Å². The Morgan fingerprint density at radius 3 is 2.48 bits per heavy atom. The van der Waals surface area contributed by atoms with Crippen LogP contribution in [0.1, 0.15) is 30.1 Å². The first-order chi connectivity index (χ1) is 14.8. The number of nitrogens with one attached hydrogen (secondary N) is 1. The van der Waals surface area contributed by atoms with E-state index in [0.29, 0.717) is 18.5 Å². The van der Waals surface area contributed by atoms with E-state index in [9.17, 15) is 28.9 Å². The number of hydrogen-bond acceptors (Lipinski definition) is 5. The second kappa shape index (κ2) is 7.75. The average molecular weight is 423 g/mol. The highest BCUT2D eigenvalue weighted by Gasteiger charge is 2.48. The zero-order valence-electron chi connectivity index (χ0n) is 16.5. The van der Waals surface area contributed by atoms with Gasteiger partial charge in [-0.15, -0.1) is 0 Å². The lowest BCUT2D eigenvalue weighted by Gasteiger charge is -2.18. The van der Waals surface area contributed by atoms with Gasteiger partial charge in [-0.05, 0) is 50.1 Å². The van der Waals surface area contributed by atoms with E-state index in [1.165, 1.54) is 24.3 Å². The number of amides is 3. The van der Waals surface area contributed by atoms with Gasteiger partial charge in [0.25, 0.3) is 11.6 Å². The Morgan fingerprint density at radius 1 is 1.13 bits per heavy atom. The molecule has 2 atom stereocenters. The molecule has 0 radical (unpaired) electrons. The number of nitro benzene ring substituents is 1. The van der Waals surface area contributed by atoms with Crippen LogP contribution in [0.15, 0.2) is 54.1 Å². The fourth-order valence-electron chi connectivity index (χ4n) is 3.97. The molecule has 31 heavy (non-hydrogen) atoms. The maximum absolute atomic E-state index is 13.9. The Morgan fingerprint density at radius 2 is 1.81 bits per heavy atom. The molecule has 8 nitrogen and oxygen atoms in total. The molecule has 1 fully saturated rings. The maximum atomic E-state index is 13.9. The van der Waals surface area contributed by atoms with E-state index in [2.05, 4.69) is 5.32 Å². The van der Waals surface area contributed by atoms with Crippen LogP contribution in [-0.4, -0.2) is 22.6 Å². The first-order valence-electron chi connectivity index (χ1n) is 9.65. The van der Waals surface area contributed by atoms with Gasteiger partial charge in [0.2, 0.25) is 11.8 Å². The summed E-state index contributed by atoms with van der Waals surface area (Å²) in [6.45, 7) is 1.94. The van der Waals surface area contributed by atoms with E-state index in [-0.39, 0.29) is 40.6 Å². The number of rotatable bonds is 4. The number of anilines is 2. The third-order valence-corrected chi connectivity index (χ3v) is 5.62. The van der Waals surface area contributed by atoms with E-state index in [1.54, 1.807) is 0 Å². The lowest BCUT2D eigenvalue weighted by atomic mass is 9.82. The predicted molar refractivity (Wildman–Crippen MR) is 110 cm³/mol. The number of allylic oxidation sites excluding steroid dienone is 2. The fraction of sp³-hybridized carbons (Fsp3) is 0.227. The van der Waals surface area contributed by atoms with E-state index < -0.39 is 16.6 Å². The smallest absolute Gasteiger partial charge is 0.271 e. The molecule has 0 bridgehead atoms. The van der Waals surface area contributed by atoms with Crippen molar-refractivity contribution in [2.75, 3.05) is 10.2 Å². The number of non-ortho nitro benzene ring substituents is 1. The molecule has 2 aromatic rings. The van der Waals surface area contributed by atoms with Crippen molar-refractivity contribution in [2.45, 2.75) is 19.8 Å². The zero-order valence-corrected chi connectivity index (χ0v) is 16.5. The average Bonchev–Trinajstić information content (AvgIpc) is 2.99. The predicted octanol–water partition coefficient (Wildman–Crippen LogP) is 3.83. The molecule has 0 saturated carbocycles. The first-order valence-corrected chi connectivity index (χ1v) is 9.65. The van der Waals surface area contributed by atoms with Gasteiger partial charge >= 0.3 is 0 Å². The van der Waals surface area contributed by atoms with Crippen LogP contribution in [0.5, 0.6) is 0 Å². The van der Waals surface area contributed by atoms with Crippen LogP contribution in [0.3, 0.4) is 0 Å². The highest BCUT2D eigenvalue weighted by atomic mass is 19.1. The topological polar surface area (TPSA) is 110 Å². The van der Waals surface area contributed by atoms with Gasteiger partial charge in [-0.25, -0.2) is 4.39 Å². The second-order valence-electron chi connectivity index (χ2n) is 7.64. The largest absolute Gasteiger partial charge is 0.319 e. The van der Waals surface area contributed by atoms with Crippen molar-refractivity contribution in [3.8, 4) is 0 Å². The van der Waals surface area contributed by atoms with Gasteiger partial charge in [-0.3, -0.25) is 29.4 Å². The minimum Gasteiger partial charge on any atom is -0.319 e.